The van der Waals surface area contributed by atoms with Crippen molar-refractivity contribution < 1.29 is 14.7 Å². The van der Waals surface area contributed by atoms with Crippen molar-refractivity contribution >= 4 is 12.0 Å². The molecule has 5 nitrogen and oxygen atoms in total. The Morgan fingerprint density at radius 2 is 1.81 bits per heavy atom. The fraction of sp³-hybridized carbons (Fsp3) is 0.875. The van der Waals surface area contributed by atoms with Gasteiger partial charge in [0.05, 0.1) is 6.42 Å². The average Bonchev–Trinajstić information content (AvgIpc) is 2.53. The number of hydrogen-bond acceptors (Lipinski definition) is 2. The van der Waals surface area contributed by atoms with Crippen LogP contribution in [0.4, 0.5) is 4.79 Å². The molecule has 2 N–H and O–H groups in total. The van der Waals surface area contributed by atoms with Crippen LogP contribution in [0.25, 0.3) is 0 Å². The molecule has 21 heavy (non-hydrogen) atoms. The van der Waals surface area contributed by atoms with Gasteiger partial charge in [-0.25, -0.2) is 4.79 Å². The number of nitrogens with zero attached hydrogens (tertiary/aromatic N) is 1. The molecule has 1 rings (SSSR count). The second-order valence-electron chi connectivity index (χ2n) is 7.14. The Bertz CT molecular complexity index is 363. The molecule has 1 saturated carbocycles. The highest BCUT2D eigenvalue weighted by atomic mass is 16.4. The van der Waals surface area contributed by atoms with E-state index in [9.17, 15) is 9.59 Å². The third-order valence-electron chi connectivity index (χ3n) is 4.27. The molecule has 0 aliphatic heterocycles. The molecule has 5 heteroatoms. The van der Waals surface area contributed by atoms with Gasteiger partial charge < -0.3 is 15.3 Å². The largest absolute Gasteiger partial charge is 0.481 e. The zero-order valence-corrected chi connectivity index (χ0v) is 13.8. The van der Waals surface area contributed by atoms with Crippen LogP contribution in [-0.4, -0.2) is 40.1 Å². The standard InChI is InChI=1S/C16H30N2O3/c1-12-8-6-5-7-9-13(12)17-15(21)18(16(2,3)4)11-10-14(19)20/h12-13H,5-11H2,1-4H3,(H,17,21)(H,19,20). The second-order valence-corrected chi connectivity index (χ2v) is 7.14. The maximum absolute atomic E-state index is 12.6. The molecule has 122 valence electrons. The van der Waals surface area contributed by atoms with E-state index in [-0.39, 0.29) is 30.6 Å². The van der Waals surface area contributed by atoms with E-state index in [2.05, 4.69) is 12.2 Å². The molecule has 0 spiro atoms. The van der Waals surface area contributed by atoms with Crippen molar-refractivity contribution in [2.75, 3.05) is 6.54 Å². The van der Waals surface area contributed by atoms with Crippen LogP contribution in [0.3, 0.4) is 0 Å². The van der Waals surface area contributed by atoms with E-state index in [0.717, 1.165) is 19.3 Å². The zero-order valence-electron chi connectivity index (χ0n) is 13.8. The topological polar surface area (TPSA) is 69.6 Å². The van der Waals surface area contributed by atoms with Gasteiger partial charge >= 0.3 is 12.0 Å². The lowest BCUT2D eigenvalue weighted by Gasteiger charge is -2.37. The number of nitrogens with one attached hydrogen (secondary N) is 1. The predicted octanol–water partition coefficient (Wildman–Crippen LogP) is 3.24. The molecule has 2 unspecified atom stereocenters. The summed E-state index contributed by atoms with van der Waals surface area (Å²) in [7, 11) is 0. The minimum absolute atomic E-state index is 0.0229. The van der Waals surface area contributed by atoms with Gasteiger partial charge in [0, 0.05) is 18.1 Å². The van der Waals surface area contributed by atoms with Crippen LogP contribution >= 0.6 is 0 Å². The third kappa shape index (κ3) is 5.94. The van der Waals surface area contributed by atoms with Crippen LogP contribution in [0, 0.1) is 5.92 Å². The van der Waals surface area contributed by atoms with E-state index in [1.165, 1.54) is 12.8 Å². The van der Waals surface area contributed by atoms with Gasteiger partial charge in [-0.3, -0.25) is 4.79 Å². The quantitative estimate of drug-likeness (QED) is 0.783. The highest BCUT2D eigenvalue weighted by Crippen LogP contribution is 2.24. The molecule has 1 fully saturated rings. The van der Waals surface area contributed by atoms with E-state index >= 15 is 0 Å². The normalized spacial score (nSPS) is 23.2. The minimum atomic E-state index is -0.875. The van der Waals surface area contributed by atoms with E-state index in [0.29, 0.717) is 5.92 Å². The molecular formula is C16H30N2O3. The summed E-state index contributed by atoms with van der Waals surface area (Å²) < 4.78 is 0. The van der Waals surface area contributed by atoms with Crippen molar-refractivity contribution in [1.82, 2.24) is 10.2 Å². The summed E-state index contributed by atoms with van der Waals surface area (Å²) in [4.78, 5) is 25.0. The number of hydrogen-bond donors (Lipinski definition) is 2. The summed E-state index contributed by atoms with van der Waals surface area (Å²) in [6.45, 7) is 8.24. The summed E-state index contributed by atoms with van der Waals surface area (Å²) in [5, 5.41) is 12.0. The number of carboxylic acid groups (broad SMARTS) is 1. The number of carboxylic acids is 1. The number of urea groups is 1. The van der Waals surface area contributed by atoms with E-state index < -0.39 is 5.97 Å². The van der Waals surface area contributed by atoms with Crippen molar-refractivity contribution in [3.05, 3.63) is 0 Å². The van der Waals surface area contributed by atoms with E-state index in [1.54, 1.807) is 4.90 Å². The number of carbonyl (C=O) groups excluding carboxylic acids is 1. The van der Waals surface area contributed by atoms with E-state index in [1.807, 2.05) is 20.8 Å². The Morgan fingerprint density at radius 1 is 1.19 bits per heavy atom. The van der Waals surface area contributed by atoms with Crippen LogP contribution in [-0.2, 0) is 4.79 Å². The summed E-state index contributed by atoms with van der Waals surface area (Å²) in [5.74, 6) is -0.391. The predicted molar refractivity (Wildman–Crippen MR) is 83.3 cm³/mol. The van der Waals surface area contributed by atoms with Crippen LogP contribution in [0.15, 0.2) is 0 Å². The number of amides is 2. The average molecular weight is 298 g/mol. The number of aliphatic carboxylic acids is 1. The molecule has 0 aromatic rings. The first-order valence-corrected chi connectivity index (χ1v) is 8.01. The summed E-state index contributed by atoms with van der Waals surface area (Å²) >= 11 is 0. The maximum atomic E-state index is 12.6. The smallest absolute Gasteiger partial charge is 0.318 e. The Labute approximate surface area is 128 Å². The highest BCUT2D eigenvalue weighted by Gasteiger charge is 2.30. The summed E-state index contributed by atoms with van der Waals surface area (Å²) in [6, 6.07) is 0.0668. The van der Waals surface area contributed by atoms with Gasteiger partial charge in [-0.05, 0) is 39.5 Å². The van der Waals surface area contributed by atoms with Crippen LogP contribution in [0.2, 0.25) is 0 Å². The lowest BCUT2D eigenvalue weighted by Crippen LogP contribution is -2.54. The van der Waals surface area contributed by atoms with Crippen molar-refractivity contribution in [1.29, 1.82) is 0 Å². The molecule has 2 atom stereocenters. The van der Waals surface area contributed by atoms with Crippen molar-refractivity contribution in [3.63, 3.8) is 0 Å². The minimum Gasteiger partial charge on any atom is -0.481 e. The first-order valence-electron chi connectivity index (χ1n) is 8.01. The molecule has 0 radical (unpaired) electrons. The van der Waals surface area contributed by atoms with Gasteiger partial charge in [-0.1, -0.05) is 26.2 Å². The Morgan fingerprint density at radius 3 is 2.38 bits per heavy atom. The van der Waals surface area contributed by atoms with Crippen molar-refractivity contribution in [2.45, 2.75) is 77.8 Å². The Hall–Kier alpha value is -1.26. The van der Waals surface area contributed by atoms with Gasteiger partial charge in [-0.2, -0.15) is 0 Å². The van der Waals surface area contributed by atoms with Crippen molar-refractivity contribution in [3.8, 4) is 0 Å². The molecule has 0 aromatic heterocycles. The van der Waals surface area contributed by atoms with Crippen LogP contribution in [0.1, 0.15) is 66.2 Å². The maximum Gasteiger partial charge on any atom is 0.318 e. The SMILES string of the molecule is CC1CCCCCC1NC(=O)N(CCC(=O)O)C(C)(C)C. The molecule has 1 aliphatic carbocycles. The fourth-order valence-corrected chi connectivity index (χ4v) is 2.89. The summed E-state index contributed by atoms with van der Waals surface area (Å²) in [5.41, 5.74) is -0.381. The number of carbonyl (C=O) groups is 2. The van der Waals surface area contributed by atoms with E-state index in [4.69, 9.17) is 5.11 Å². The summed E-state index contributed by atoms with van der Waals surface area (Å²) in [6.07, 6.45) is 5.76. The molecular weight excluding hydrogens is 268 g/mol. The molecule has 0 saturated heterocycles. The lowest BCUT2D eigenvalue weighted by molar-refractivity contribution is -0.137. The van der Waals surface area contributed by atoms with Gasteiger partial charge in [0.2, 0.25) is 0 Å². The first kappa shape index (κ1) is 17.8. The second kappa shape index (κ2) is 7.66. The van der Waals surface area contributed by atoms with Crippen LogP contribution in [0.5, 0.6) is 0 Å². The molecule has 0 bridgehead atoms. The van der Waals surface area contributed by atoms with Crippen LogP contribution < -0.4 is 5.32 Å². The van der Waals surface area contributed by atoms with Gasteiger partial charge in [-0.15, -0.1) is 0 Å². The zero-order chi connectivity index (χ0) is 16.0. The molecule has 1 aliphatic rings. The Kier molecular flexibility index (Phi) is 6.49. The van der Waals surface area contributed by atoms with Gasteiger partial charge in [0.25, 0.3) is 0 Å². The Balaban J connectivity index is 2.68. The molecule has 0 heterocycles. The van der Waals surface area contributed by atoms with Crippen molar-refractivity contribution in [2.24, 2.45) is 5.92 Å². The van der Waals surface area contributed by atoms with Gasteiger partial charge in [0.1, 0.15) is 0 Å². The third-order valence-corrected chi connectivity index (χ3v) is 4.27. The number of rotatable bonds is 4. The van der Waals surface area contributed by atoms with Gasteiger partial charge in [0.15, 0.2) is 0 Å². The lowest BCUT2D eigenvalue weighted by atomic mass is 9.97. The highest BCUT2D eigenvalue weighted by molar-refractivity contribution is 5.76. The molecule has 2 amide bonds. The first-order chi connectivity index (χ1) is 9.71. The molecule has 0 aromatic carbocycles. The fourth-order valence-electron chi connectivity index (χ4n) is 2.89. The monoisotopic (exact) mass is 298 g/mol.